The maximum Gasteiger partial charge on any atom is 0.305 e. The summed E-state index contributed by atoms with van der Waals surface area (Å²) in [6.45, 7) is 6.54. The molecule has 0 aliphatic rings. The third-order valence-electron chi connectivity index (χ3n) is 2.99. The van der Waals surface area contributed by atoms with E-state index in [2.05, 4.69) is 5.32 Å². The van der Waals surface area contributed by atoms with Crippen LogP contribution in [0, 0.1) is 0 Å². The van der Waals surface area contributed by atoms with Crippen LogP contribution in [0.3, 0.4) is 0 Å². The number of aliphatic hydroxyl groups is 1. The number of hydrogen-bond acceptors (Lipinski definition) is 4. The van der Waals surface area contributed by atoms with E-state index in [9.17, 15) is 9.90 Å². The van der Waals surface area contributed by atoms with E-state index >= 15 is 0 Å². The van der Waals surface area contributed by atoms with Gasteiger partial charge in [-0.05, 0) is 39.2 Å². The van der Waals surface area contributed by atoms with E-state index in [0.29, 0.717) is 13.0 Å². The summed E-state index contributed by atoms with van der Waals surface area (Å²) in [6.07, 6.45) is 1.35. The summed E-state index contributed by atoms with van der Waals surface area (Å²) >= 11 is 0. The lowest BCUT2D eigenvalue weighted by Gasteiger charge is -2.22. The Morgan fingerprint density at radius 1 is 1.29 bits per heavy atom. The summed E-state index contributed by atoms with van der Waals surface area (Å²) in [5, 5.41) is 12.9. The normalized spacial score (nSPS) is 13.0. The molecular weight excluding hydrogens is 266 g/mol. The van der Waals surface area contributed by atoms with Crippen LogP contribution < -0.4 is 5.32 Å². The van der Waals surface area contributed by atoms with Crippen molar-refractivity contribution in [3.63, 3.8) is 0 Å². The molecule has 2 N–H and O–H groups in total. The van der Waals surface area contributed by atoms with Gasteiger partial charge >= 0.3 is 5.97 Å². The molecule has 1 aromatic carbocycles. The number of rotatable bonds is 8. The lowest BCUT2D eigenvalue weighted by atomic mass is 10.1. The van der Waals surface area contributed by atoms with E-state index < -0.39 is 6.10 Å². The lowest BCUT2D eigenvalue weighted by Crippen LogP contribution is -2.42. The second-order valence-corrected chi connectivity index (χ2v) is 6.31. The van der Waals surface area contributed by atoms with Crippen molar-refractivity contribution in [2.45, 2.75) is 51.7 Å². The van der Waals surface area contributed by atoms with Crippen LogP contribution in [-0.2, 0) is 16.0 Å². The minimum absolute atomic E-state index is 0.0489. The summed E-state index contributed by atoms with van der Waals surface area (Å²) in [7, 11) is 0. The zero-order valence-corrected chi connectivity index (χ0v) is 13.3. The SMILES string of the molecule is CC(C)(C)NC[C@H](O)COC(=O)CCCc1ccccc1. The summed E-state index contributed by atoms with van der Waals surface area (Å²) < 4.78 is 5.08. The average molecular weight is 293 g/mol. The van der Waals surface area contributed by atoms with E-state index in [1.807, 2.05) is 51.1 Å². The Morgan fingerprint density at radius 3 is 2.57 bits per heavy atom. The first-order valence-electron chi connectivity index (χ1n) is 7.49. The van der Waals surface area contributed by atoms with Crippen molar-refractivity contribution < 1.29 is 14.6 Å². The number of aliphatic hydroxyl groups excluding tert-OH is 1. The second kappa shape index (κ2) is 8.80. The van der Waals surface area contributed by atoms with E-state index in [1.165, 1.54) is 5.56 Å². The Morgan fingerprint density at radius 2 is 1.95 bits per heavy atom. The number of ether oxygens (including phenoxy) is 1. The van der Waals surface area contributed by atoms with Gasteiger partial charge < -0.3 is 15.2 Å². The Balaban J connectivity index is 2.11. The maximum absolute atomic E-state index is 11.6. The quantitative estimate of drug-likeness (QED) is 0.722. The minimum Gasteiger partial charge on any atom is -0.463 e. The van der Waals surface area contributed by atoms with Crippen LogP contribution in [0.1, 0.15) is 39.2 Å². The Hall–Kier alpha value is -1.39. The molecule has 0 unspecified atom stereocenters. The number of carbonyl (C=O) groups excluding carboxylic acids is 1. The number of nitrogens with one attached hydrogen (secondary N) is 1. The molecule has 0 amide bonds. The third-order valence-corrected chi connectivity index (χ3v) is 2.99. The molecule has 0 saturated heterocycles. The number of benzene rings is 1. The van der Waals surface area contributed by atoms with Gasteiger partial charge in [0.25, 0.3) is 0 Å². The largest absolute Gasteiger partial charge is 0.463 e. The molecule has 1 atom stereocenters. The molecule has 0 aliphatic carbocycles. The summed E-state index contributed by atoms with van der Waals surface area (Å²) in [5.41, 5.74) is 1.17. The molecule has 1 aromatic rings. The average Bonchev–Trinajstić information content (AvgIpc) is 2.43. The highest BCUT2D eigenvalue weighted by Crippen LogP contribution is 2.05. The van der Waals surface area contributed by atoms with Crippen LogP contribution in [-0.4, -0.2) is 35.9 Å². The van der Waals surface area contributed by atoms with Crippen molar-refractivity contribution >= 4 is 5.97 Å². The van der Waals surface area contributed by atoms with Crippen LogP contribution in [0.25, 0.3) is 0 Å². The highest BCUT2D eigenvalue weighted by atomic mass is 16.5. The molecule has 0 spiro atoms. The van der Waals surface area contributed by atoms with Crippen molar-refractivity contribution in [3.05, 3.63) is 35.9 Å². The first-order valence-corrected chi connectivity index (χ1v) is 7.49. The number of β-amino-alcohol motifs (C(OH)–C–C–N with tert-alkyl or cyclic N) is 1. The fourth-order valence-electron chi connectivity index (χ4n) is 1.83. The van der Waals surface area contributed by atoms with Gasteiger partial charge in [0, 0.05) is 18.5 Å². The molecule has 118 valence electrons. The third kappa shape index (κ3) is 9.21. The molecule has 0 radical (unpaired) electrons. The van der Waals surface area contributed by atoms with Crippen molar-refractivity contribution in [2.75, 3.05) is 13.2 Å². The molecule has 0 fully saturated rings. The Bertz CT molecular complexity index is 412. The van der Waals surface area contributed by atoms with Crippen LogP contribution in [0.4, 0.5) is 0 Å². The first-order chi connectivity index (χ1) is 9.87. The molecule has 0 aromatic heterocycles. The van der Waals surface area contributed by atoms with Crippen molar-refractivity contribution in [2.24, 2.45) is 0 Å². The summed E-state index contributed by atoms with van der Waals surface area (Å²) in [4.78, 5) is 11.6. The van der Waals surface area contributed by atoms with E-state index in [0.717, 1.165) is 12.8 Å². The molecule has 1 rings (SSSR count). The zero-order chi connectivity index (χ0) is 15.7. The van der Waals surface area contributed by atoms with Gasteiger partial charge in [0.15, 0.2) is 0 Å². The lowest BCUT2D eigenvalue weighted by molar-refractivity contribution is -0.146. The fourth-order valence-corrected chi connectivity index (χ4v) is 1.83. The van der Waals surface area contributed by atoms with E-state index in [4.69, 9.17) is 4.74 Å². The minimum atomic E-state index is -0.665. The van der Waals surface area contributed by atoms with Gasteiger partial charge in [0.1, 0.15) is 12.7 Å². The van der Waals surface area contributed by atoms with Gasteiger partial charge in [-0.3, -0.25) is 4.79 Å². The van der Waals surface area contributed by atoms with Crippen LogP contribution in [0.2, 0.25) is 0 Å². The van der Waals surface area contributed by atoms with Crippen molar-refractivity contribution in [3.8, 4) is 0 Å². The number of aryl methyl sites for hydroxylation is 1. The van der Waals surface area contributed by atoms with Crippen LogP contribution >= 0.6 is 0 Å². The zero-order valence-electron chi connectivity index (χ0n) is 13.3. The molecule has 0 bridgehead atoms. The number of esters is 1. The van der Waals surface area contributed by atoms with Gasteiger partial charge in [0.05, 0.1) is 0 Å². The Kier molecular flexibility index (Phi) is 7.40. The first kappa shape index (κ1) is 17.7. The van der Waals surface area contributed by atoms with Crippen LogP contribution in [0.15, 0.2) is 30.3 Å². The van der Waals surface area contributed by atoms with Crippen LogP contribution in [0.5, 0.6) is 0 Å². The predicted molar refractivity (Wildman–Crippen MR) is 84.1 cm³/mol. The summed E-state index contributed by atoms with van der Waals surface area (Å²) in [5.74, 6) is -0.249. The fraction of sp³-hybridized carbons (Fsp3) is 0.588. The number of hydrogen-bond donors (Lipinski definition) is 2. The Labute approximate surface area is 127 Å². The molecule has 0 saturated carbocycles. The van der Waals surface area contributed by atoms with Gasteiger partial charge in [-0.25, -0.2) is 0 Å². The van der Waals surface area contributed by atoms with Crippen molar-refractivity contribution in [1.29, 1.82) is 0 Å². The molecular formula is C17H27NO3. The van der Waals surface area contributed by atoms with Gasteiger partial charge in [-0.15, -0.1) is 0 Å². The number of carbonyl (C=O) groups is 1. The highest BCUT2D eigenvalue weighted by molar-refractivity contribution is 5.69. The second-order valence-electron chi connectivity index (χ2n) is 6.31. The standard InChI is InChI=1S/C17H27NO3/c1-17(2,3)18-12-15(19)13-21-16(20)11-7-10-14-8-5-4-6-9-14/h4-6,8-9,15,18-19H,7,10-13H2,1-3H3/t15-/m0/s1. The summed E-state index contributed by atoms with van der Waals surface area (Å²) in [6, 6.07) is 10.1. The molecule has 21 heavy (non-hydrogen) atoms. The van der Waals surface area contributed by atoms with E-state index in [-0.39, 0.29) is 18.1 Å². The topological polar surface area (TPSA) is 58.6 Å². The van der Waals surface area contributed by atoms with Crippen molar-refractivity contribution in [1.82, 2.24) is 5.32 Å². The predicted octanol–water partition coefficient (Wildman–Crippen LogP) is 2.30. The smallest absolute Gasteiger partial charge is 0.305 e. The van der Waals surface area contributed by atoms with Gasteiger partial charge in [-0.2, -0.15) is 0 Å². The van der Waals surface area contributed by atoms with Gasteiger partial charge in [-0.1, -0.05) is 30.3 Å². The van der Waals surface area contributed by atoms with Gasteiger partial charge in [0.2, 0.25) is 0 Å². The molecule has 4 heteroatoms. The van der Waals surface area contributed by atoms with E-state index in [1.54, 1.807) is 0 Å². The monoisotopic (exact) mass is 293 g/mol. The maximum atomic E-state index is 11.6. The molecule has 0 aliphatic heterocycles. The highest BCUT2D eigenvalue weighted by Gasteiger charge is 2.13. The molecule has 0 heterocycles. The molecule has 4 nitrogen and oxygen atoms in total.